The van der Waals surface area contributed by atoms with Crippen LogP contribution in [-0.4, -0.2) is 26.5 Å². The van der Waals surface area contributed by atoms with E-state index in [0.29, 0.717) is 16.9 Å². The molecule has 0 aromatic heterocycles. The Morgan fingerprint density at radius 1 is 0.935 bits per heavy atom. The van der Waals surface area contributed by atoms with Gasteiger partial charge in [-0.3, -0.25) is 9.59 Å². The predicted molar refractivity (Wildman–Crippen MR) is 118 cm³/mol. The van der Waals surface area contributed by atoms with E-state index in [4.69, 9.17) is 11.6 Å². The van der Waals surface area contributed by atoms with Crippen molar-refractivity contribution >= 4 is 44.6 Å². The summed E-state index contributed by atoms with van der Waals surface area (Å²) in [7, 11) is -3.44. The molecular formula is C22H18ClFN2O4S. The number of aryl methyl sites for hydroxylation is 1. The molecule has 160 valence electrons. The second-order valence-electron chi connectivity index (χ2n) is 6.86. The summed E-state index contributed by atoms with van der Waals surface area (Å²) in [5, 5.41) is 5.39. The minimum Gasteiger partial charge on any atom is -0.322 e. The van der Waals surface area contributed by atoms with Crippen molar-refractivity contribution in [3.63, 3.8) is 0 Å². The molecule has 0 atom stereocenters. The maximum atomic E-state index is 13.2. The second kappa shape index (κ2) is 8.87. The maximum Gasteiger partial charge on any atom is 0.257 e. The molecule has 3 aromatic rings. The fraction of sp³-hybridized carbons (Fsp3) is 0.0909. The first-order chi connectivity index (χ1) is 14.5. The number of rotatable bonds is 5. The number of sulfone groups is 1. The van der Waals surface area contributed by atoms with Gasteiger partial charge in [0, 0.05) is 23.2 Å². The molecule has 0 fully saturated rings. The summed E-state index contributed by atoms with van der Waals surface area (Å²) in [5.74, 6) is -1.51. The Morgan fingerprint density at radius 3 is 2.32 bits per heavy atom. The van der Waals surface area contributed by atoms with Gasteiger partial charge in [0.1, 0.15) is 5.82 Å². The van der Waals surface area contributed by atoms with Crippen LogP contribution in [0.3, 0.4) is 0 Å². The lowest BCUT2D eigenvalue weighted by molar-refractivity contribution is 0.101. The summed E-state index contributed by atoms with van der Waals surface area (Å²) in [5.41, 5.74) is 1.94. The van der Waals surface area contributed by atoms with Crippen molar-refractivity contribution in [1.82, 2.24) is 0 Å². The molecule has 31 heavy (non-hydrogen) atoms. The van der Waals surface area contributed by atoms with E-state index in [2.05, 4.69) is 10.6 Å². The summed E-state index contributed by atoms with van der Waals surface area (Å²) < 4.78 is 36.5. The molecule has 0 bridgehead atoms. The van der Waals surface area contributed by atoms with Gasteiger partial charge in [0.25, 0.3) is 11.8 Å². The van der Waals surface area contributed by atoms with Crippen molar-refractivity contribution in [2.24, 2.45) is 0 Å². The quantitative estimate of drug-likeness (QED) is 0.577. The van der Waals surface area contributed by atoms with Crippen molar-refractivity contribution in [2.45, 2.75) is 11.8 Å². The third-order valence-corrected chi connectivity index (χ3v) is 5.86. The molecule has 2 amide bonds. The van der Waals surface area contributed by atoms with Crippen LogP contribution in [0.2, 0.25) is 5.02 Å². The SMILES string of the molecule is Cc1cc(NC(=O)c2ccc(F)cc2Cl)ccc1NC(=O)c1cccc(S(C)(=O)=O)c1. The Kier molecular flexibility index (Phi) is 6.42. The smallest absolute Gasteiger partial charge is 0.257 e. The number of amides is 2. The number of nitrogens with one attached hydrogen (secondary N) is 2. The van der Waals surface area contributed by atoms with Gasteiger partial charge in [0.2, 0.25) is 0 Å². The number of hydrogen-bond donors (Lipinski definition) is 2. The second-order valence-corrected chi connectivity index (χ2v) is 9.29. The average Bonchev–Trinajstić information content (AvgIpc) is 2.69. The van der Waals surface area contributed by atoms with E-state index in [1.54, 1.807) is 25.1 Å². The molecule has 0 aliphatic heterocycles. The van der Waals surface area contributed by atoms with Gasteiger partial charge in [-0.25, -0.2) is 12.8 Å². The standard InChI is InChI=1S/C22H18ClFN2O4S/c1-13-10-16(25-22(28)18-8-6-15(24)12-19(18)23)7-9-20(13)26-21(27)14-4-3-5-17(11-14)31(2,29)30/h3-12H,1-2H3,(H,25,28)(H,26,27). The Balaban J connectivity index is 1.75. The molecule has 9 heteroatoms. The van der Waals surface area contributed by atoms with E-state index in [9.17, 15) is 22.4 Å². The third kappa shape index (κ3) is 5.48. The van der Waals surface area contributed by atoms with E-state index >= 15 is 0 Å². The molecule has 0 aliphatic rings. The first-order valence-electron chi connectivity index (χ1n) is 9.03. The highest BCUT2D eigenvalue weighted by molar-refractivity contribution is 7.90. The Bertz CT molecular complexity index is 1290. The lowest BCUT2D eigenvalue weighted by Crippen LogP contribution is -2.15. The van der Waals surface area contributed by atoms with Crippen LogP contribution in [0.25, 0.3) is 0 Å². The molecule has 3 rings (SSSR count). The highest BCUT2D eigenvalue weighted by atomic mass is 35.5. The van der Waals surface area contributed by atoms with Crippen LogP contribution in [0.15, 0.2) is 65.6 Å². The summed E-state index contributed by atoms with van der Waals surface area (Å²) in [4.78, 5) is 25.0. The summed E-state index contributed by atoms with van der Waals surface area (Å²) in [6.45, 7) is 1.74. The van der Waals surface area contributed by atoms with Crippen LogP contribution in [0.4, 0.5) is 15.8 Å². The molecule has 0 heterocycles. The normalized spacial score (nSPS) is 11.1. The van der Waals surface area contributed by atoms with E-state index in [1.807, 2.05) is 0 Å². The highest BCUT2D eigenvalue weighted by Gasteiger charge is 2.14. The molecule has 0 saturated carbocycles. The molecule has 0 unspecified atom stereocenters. The molecule has 0 radical (unpaired) electrons. The van der Waals surface area contributed by atoms with Gasteiger partial charge in [0.15, 0.2) is 9.84 Å². The lowest BCUT2D eigenvalue weighted by Gasteiger charge is -2.12. The van der Waals surface area contributed by atoms with Crippen LogP contribution < -0.4 is 10.6 Å². The van der Waals surface area contributed by atoms with Crippen molar-refractivity contribution in [1.29, 1.82) is 0 Å². The highest BCUT2D eigenvalue weighted by Crippen LogP contribution is 2.23. The number of halogens is 2. The number of benzene rings is 3. The number of carbonyl (C=O) groups is 2. The average molecular weight is 461 g/mol. The van der Waals surface area contributed by atoms with E-state index in [0.717, 1.165) is 18.4 Å². The van der Waals surface area contributed by atoms with Gasteiger partial charge < -0.3 is 10.6 Å². The fourth-order valence-electron chi connectivity index (χ4n) is 2.82. The monoisotopic (exact) mass is 460 g/mol. The molecule has 6 nitrogen and oxygen atoms in total. The van der Waals surface area contributed by atoms with Gasteiger partial charge in [-0.15, -0.1) is 0 Å². The van der Waals surface area contributed by atoms with Crippen LogP contribution in [0.1, 0.15) is 26.3 Å². The van der Waals surface area contributed by atoms with Crippen molar-refractivity contribution in [3.8, 4) is 0 Å². The largest absolute Gasteiger partial charge is 0.322 e. The van der Waals surface area contributed by atoms with Gasteiger partial charge in [0.05, 0.1) is 15.5 Å². The summed E-state index contributed by atoms with van der Waals surface area (Å²) in [6, 6.07) is 14.1. The minimum absolute atomic E-state index is 0.00516. The molecular weight excluding hydrogens is 443 g/mol. The summed E-state index contributed by atoms with van der Waals surface area (Å²) >= 11 is 5.92. The lowest BCUT2D eigenvalue weighted by atomic mass is 10.1. The number of hydrogen-bond acceptors (Lipinski definition) is 4. The Hall–Kier alpha value is -3.23. The van der Waals surface area contributed by atoms with Crippen LogP contribution in [0.5, 0.6) is 0 Å². The van der Waals surface area contributed by atoms with E-state index < -0.39 is 27.5 Å². The number of carbonyl (C=O) groups excluding carboxylic acids is 2. The van der Waals surface area contributed by atoms with Gasteiger partial charge in [-0.05, 0) is 67.1 Å². The molecule has 3 aromatic carbocycles. The van der Waals surface area contributed by atoms with E-state index in [1.165, 1.54) is 30.3 Å². The number of anilines is 2. The molecule has 0 saturated heterocycles. The van der Waals surface area contributed by atoms with Gasteiger partial charge in [-0.2, -0.15) is 0 Å². The Labute approximate surface area is 184 Å². The van der Waals surface area contributed by atoms with Crippen molar-refractivity contribution in [3.05, 3.63) is 88.2 Å². The fourth-order valence-corrected chi connectivity index (χ4v) is 3.74. The van der Waals surface area contributed by atoms with Crippen LogP contribution in [0, 0.1) is 12.7 Å². The van der Waals surface area contributed by atoms with Crippen molar-refractivity contribution in [2.75, 3.05) is 16.9 Å². The zero-order chi connectivity index (χ0) is 22.8. The topological polar surface area (TPSA) is 92.3 Å². The zero-order valence-corrected chi connectivity index (χ0v) is 18.1. The third-order valence-electron chi connectivity index (χ3n) is 4.43. The van der Waals surface area contributed by atoms with Gasteiger partial charge >= 0.3 is 0 Å². The first kappa shape index (κ1) is 22.5. The first-order valence-corrected chi connectivity index (χ1v) is 11.3. The maximum absolute atomic E-state index is 13.2. The molecule has 2 N–H and O–H groups in total. The summed E-state index contributed by atoms with van der Waals surface area (Å²) in [6.07, 6.45) is 1.07. The van der Waals surface area contributed by atoms with Crippen LogP contribution in [-0.2, 0) is 9.84 Å². The van der Waals surface area contributed by atoms with E-state index in [-0.39, 0.29) is 21.0 Å². The van der Waals surface area contributed by atoms with Crippen LogP contribution >= 0.6 is 11.6 Å². The predicted octanol–water partition coefficient (Wildman–Crippen LogP) is 4.70. The zero-order valence-electron chi connectivity index (χ0n) is 16.6. The van der Waals surface area contributed by atoms with Gasteiger partial charge in [-0.1, -0.05) is 17.7 Å². The molecule has 0 spiro atoms. The molecule has 0 aliphatic carbocycles. The minimum atomic E-state index is -3.44. The van der Waals surface area contributed by atoms with Crippen molar-refractivity contribution < 1.29 is 22.4 Å². The Morgan fingerprint density at radius 2 is 1.68 bits per heavy atom.